The molecule has 0 saturated heterocycles. The summed E-state index contributed by atoms with van der Waals surface area (Å²) in [5.74, 6) is -1.91. The molecule has 0 atom stereocenters. The van der Waals surface area contributed by atoms with Crippen LogP contribution in [0.1, 0.15) is 34.7 Å². The Morgan fingerprint density at radius 3 is 2.67 bits per heavy atom. The van der Waals surface area contributed by atoms with E-state index in [0.29, 0.717) is 0 Å². The average Bonchev–Trinajstić information content (AvgIpc) is 2.16. The summed E-state index contributed by atoms with van der Waals surface area (Å²) in [5.41, 5.74) is -0.318. The van der Waals surface area contributed by atoms with E-state index >= 15 is 0 Å². The molecule has 1 heterocycles. The van der Waals surface area contributed by atoms with E-state index in [2.05, 4.69) is 4.98 Å². The maximum Gasteiger partial charge on any atom is 0.358 e. The van der Waals surface area contributed by atoms with Gasteiger partial charge in [-0.05, 0) is 26.0 Å². The van der Waals surface area contributed by atoms with Gasteiger partial charge < -0.3 is 9.84 Å². The lowest BCUT2D eigenvalue weighted by molar-refractivity contribution is 0.0363. The van der Waals surface area contributed by atoms with Crippen LogP contribution in [0.5, 0.6) is 0 Å². The highest BCUT2D eigenvalue weighted by Crippen LogP contribution is 2.08. The third kappa shape index (κ3) is 2.77. The predicted octanol–water partition coefficient (Wildman–Crippen LogP) is 1.34. The number of hydrogen-bond acceptors (Lipinski definition) is 4. The molecule has 0 aliphatic rings. The number of carboxylic acids is 1. The highest BCUT2D eigenvalue weighted by molar-refractivity contribution is 6.00. The van der Waals surface area contributed by atoms with Crippen molar-refractivity contribution in [2.75, 3.05) is 0 Å². The van der Waals surface area contributed by atoms with Gasteiger partial charge in [0, 0.05) is 6.20 Å². The molecule has 0 fully saturated rings. The minimum atomic E-state index is -1.20. The Labute approximate surface area is 86.7 Å². The zero-order valence-electron chi connectivity index (χ0n) is 8.43. The fourth-order valence-electron chi connectivity index (χ4n) is 1.01. The van der Waals surface area contributed by atoms with Crippen LogP contribution in [0.4, 0.5) is 0 Å². The summed E-state index contributed by atoms with van der Waals surface area (Å²) in [6.07, 6.45) is 1.05. The zero-order chi connectivity index (χ0) is 11.4. The molecule has 0 aromatic carbocycles. The maximum atomic E-state index is 11.4. The summed E-state index contributed by atoms with van der Waals surface area (Å²) in [6.45, 7) is 3.36. The van der Waals surface area contributed by atoms with Crippen molar-refractivity contribution in [2.24, 2.45) is 0 Å². The van der Waals surface area contributed by atoms with E-state index in [1.807, 2.05) is 0 Å². The van der Waals surface area contributed by atoms with E-state index < -0.39 is 11.9 Å². The quantitative estimate of drug-likeness (QED) is 0.760. The highest BCUT2D eigenvalue weighted by atomic mass is 16.5. The third-order valence-corrected chi connectivity index (χ3v) is 1.57. The van der Waals surface area contributed by atoms with E-state index in [-0.39, 0.29) is 17.4 Å². The van der Waals surface area contributed by atoms with Crippen molar-refractivity contribution in [3.63, 3.8) is 0 Å². The van der Waals surface area contributed by atoms with Crippen LogP contribution >= 0.6 is 0 Å². The van der Waals surface area contributed by atoms with Crippen LogP contribution in [0.15, 0.2) is 18.3 Å². The minimum Gasteiger partial charge on any atom is -0.478 e. The van der Waals surface area contributed by atoms with E-state index in [1.54, 1.807) is 13.8 Å². The zero-order valence-corrected chi connectivity index (χ0v) is 8.43. The maximum absolute atomic E-state index is 11.4. The molecule has 0 unspecified atom stereocenters. The van der Waals surface area contributed by atoms with Gasteiger partial charge in [0.05, 0.1) is 11.7 Å². The third-order valence-electron chi connectivity index (χ3n) is 1.57. The standard InChI is InChI=1S/C10H11NO4/c1-6(2)15-10(14)8-7(9(12)13)4-3-5-11-8/h3-6H,1-2H3,(H,12,13). The first-order valence-electron chi connectivity index (χ1n) is 4.41. The van der Waals surface area contributed by atoms with Crippen LogP contribution < -0.4 is 0 Å². The van der Waals surface area contributed by atoms with Crippen molar-refractivity contribution in [3.8, 4) is 0 Å². The van der Waals surface area contributed by atoms with Gasteiger partial charge in [-0.2, -0.15) is 0 Å². The van der Waals surface area contributed by atoms with Gasteiger partial charge in [0.2, 0.25) is 0 Å². The Morgan fingerprint density at radius 1 is 1.47 bits per heavy atom. The molecule has 0 aliphatic carbocycles. The number of aromatic nitrogens is 1. The first kappa shape index (κ1) is 11.2. The smallest absolute Gasteiger partial charge is 0.358 e. The summed E-state index contributed by atoms with van der Waals surface area (Å²) in [4.78, 5) is 25.9. The van der Waals surface area contributed by atoms with Gasteiger partial charge in [0.1, 0.15) is 0 Å². The Hall–Kier alpha value is -1.91. The van der Waals surface area contributed by atoms with Gasteiger partial charge in [-0.15, -0.1) is 0 Å². The Morgan fingerprint density at radius 2 is 2.13 bits per heavy atom. The molecule has 1 aromatic rings. The molecule has 0 bridgehead atoms. The van der Waals surface area contributed by atoms with Crippen LogP contribution in [0, 0.1) is 0 Å². The molecule has 5 nitrogen and oxygen atoms in total. The topological polar surface area (TPSA) is 76.5 Å². The first-order chi connectivity index (χ1) is 7.02. The van der Waals surface area contributed by atoms with Crippen LogP contribution in [0.3, 0.4) is 0 Å². The lowest BCUT2D eigenvalue weighted by atomic mass is 10.2. The number of esters is 1. The van der Waals surface area contributed by atoms with Gasteiger partial charge >= 0.3 is 11.9 Å². The second-order valence-corrected chi connectivity index (χ2v) is 3.16. The summed E-state index contributed by atoms with van der Waals surface area (Å²) in [7, 11) is 0. The van der Waals surface area contributed by atoms with Crippen LogP contribution in [-0.4, -0.2) is 28.1 Å². The second-order valence-electron chi connectivity index (χ2n) is 3.16. The lowest BCUT2D eigenvalue weighted by Crippen LogP contribution is -2.17. The molecule has 1 rings (SSSR count). The number of pyridine rings is 1. The van der Waals surface area contributed by atoms with E-state index in [9.17, 15) is 9.59 Å². The number of ether oxygens (including phenoxy) is 1. The van der Waals surface area contributed by atoms with Gasteiger partial charge in [-0.3, -0.25) is 0 Å². The fourth-order valence-corrected chi connectivity index (χ4v) is 1.01. The number of carbonyl (C=O) groups excluding carboxylic acids is 1. The molecule has 0 spiro atoms. The molecule has 1 N–H and O–H groups in total. The van der Waals surface area contributed by atoms with Crippen molar-refractivity contribution < 1.29 is 19.4 Å². The molecule has 80 valence electrons. The Kier molecular flexibility index (Phi) is 3.38. The molecule has 0 radical (unpaired) electrons. The molecule has 5 heteroatoms. The first-order valence-corrected chi connectivity index (χ1v) is 4.41. The largest absolute Gasteiger partial charge is 0.478 e. The molecule has 1 aromatic heterocycles. The Balaban J connectivity index is 3.03. The van der Waals surface area contributed by atoms with Gasteiger partial charge in [0.15, 0.2) is 5.69 Å². The second kappa shape index (κ2) is 4.54. The molecular weight excluding hydrogens is 198 g/mol. The van der Waals surface area contributed by atoms with Crippen molar-refractivity contribution in [1.82, 2.24) is 4.98 Å². The number of carbonyl (C=O) groups is 2. The number of rotatable bonds is 3. The molecule has 15 heavy (non-hydrogen) atoms. The minimum absolute atomic E-state index is 0.150. The monoisotopic (exact) mass is 209 g/mol. The molecule has 0 saturated carbocycles. The van der Waals surface area contributed by atoms with E-state index in [1.165, 1.54) is 18.3 Å². The average molecular weight is 209 g/mol. The van der Waals surface area contributed by atoms with Crippen LogP contribution in [-0.2, 0) is 4.74 Å². The molecular formula is C10H11NO4. The van der Waals surface area contributed by atoms with Gasteiger partial charge in [0.25, 0.3) is 0 Å². The normalized spacial score (nSPS) is 10.1. The summed E-state index contributed by atoms with van der Waals surface area (Å²) in [5, 5.41) is 8.80. The van der Waals surface area contributed by atoms with Crippen molar-refractivity contribution in [2.45, 2.75) is 20.0 Å². The van der Waals surface area contributed by atoms with Crippen molar-refractivity contribution >= 4 is 11.9 Å². The van der Waals surface area contributed by atoms with Crippen molar-refractivity contribution in [3.05, 3.63) is 29.6 Å². The van der Waals surface area contributed by atoms with Gasteiger partial charge in [-0.25, -0.2) is 14.6 Å². The summed E-state index contributed by atoms with van der Waals surface area (Å²) >= 11 is 0. The van der Waals surface area contributed by atoms with Crippen LogP contribution in [0.2, 0.25) is 0 Å². The van der Waals surface area contributed by atoms with Crippen molar-refractivity contribution in [1.29, 1.82) is 0 Å². The van der Waals surface area contributed by atoms with Gasteiger partial charge in [-0.1, -0.05) is 0 Å². The highest BCUT2D eigenvalue weighted by Gasteiger charge is 2.19. The predicted molar refractivity (Wildman–Crippen MR) is 51.7 cm³/mol. The van der Waals surface area contributed by atoms with E-state index in [0.717, 1.165) is 0 Å². The lowest BCUT2D eigenvalue weighted by Gasteiger charge is -2.08. The molecule has 0 amide bonds. The number of carboxylic acid groups (broad SMARTS) is 1. The fraction of sp³-hybridized carbons (Fsp3) is 0.300. The summed E-state index contributed by atoms with van der Waals surface area (Å²) in [6, 6.07) is 2.77. The number of aromatic carboxylic acids is 1. The van der Waals surface area contributed by atoms with Crippen LogP contribution in [0.25, 0.3) is 0 Å². The molecule has 0 aliphatic heterocycles. The summed E-state index contributed by atoms with van der Waals surface area (Å²) < 4.78 is 4.86. The van der Waals surface area contributed by atoms with E-state index in [4.69, 9.17) is 9.84 Å². The SMILES string of the molecule is CC(C)OC(=O)c1ncccc1C(=O)O. The number of nitrogens with zero attached hydrogens (tertiary/aromatic N) is 1. The Bertz CT molecular complexity index is 387. The number of hydrogen-bond donors (Lipinski definition) is 1.